The monoisotopic (exact) mass is 518 g/mol. The van der Waals surface area contributed by atoms with E-state index in [2.05, 4.69) is 15.6 Å². The van der Waals surface area contributed by atoms with E-state index in [-0.39, 0.29) is 11.6 Å². The van der Waals surface area contributed by atoms with Gasteiger partial charge in [0.05, 0.1) is 17.2 Å². The summed E-state index contributed by atoms with van der Waals surface area (Å²) in [4.78, 5) is 33.9. The Bertz CT molecular complexity index is 1100. The lowest BCUT2D eigenvalue weighted by atomic mass is 9.89. The minimum atomic E-state index is -0.640. The van der Waals surface area contributed by atoms with Crippen LogP contribution in [-0.4, -0.2) is 40.1 Å². The molecule has 0 radical (unpaired) electrons. The summed E-state index contributed by atoms with van der Waals surface area (Å²) in [5, 5.41) is 6.59. The standard InChI is InChI=1S/C25H31ClN4O4S/c1-6-10-33-19-13-16(12-18(14-19)28-21(31)20-8-7-17(26)15-27-20)25(5)9-11-35-22(30-25)29-23(32)34-24(2,3)4/h7-8,12-15H,6,9-11H2,1-5H3,(H,28,31)(H,29,30,32). The van der Waals surface area contributed by atoms with Gasteiger partial charge in [-0.25, -0.2) is 9.78 Å². The number of alkyl carbamates (subject to hydrolysis) is 1. The van der Waals surface area contributed by atoms with Crippen molar-refractivity contribution < 1.29 is 19.1 Å². The third-order valence-corrected chi connectivity index (χ3v) is 6.10. The van der Waals surface area contributed by atoms with Crippen molar-refractivity contribution in [2.45, 2.75) is 58.6 Å². The number of amidine groups is 1. The SMILES string of the molecule is CCCOc1cc(NC(=O)c2ccc(Cl)cn2)cc(C2(C)CCSC(NC(=O)OC(C)(C)C)=N2)c1. The van der Waals surface area contributed by atoms with E-state index in [0.29, 0.717) is 28.2 Å². The Labute approximate surface area is 215 Å². The van der Waals surface area contributed by atoms with E-state index in [1.807, 2.05) is 46.8 Å². The summed E-state index contributed by atoms with van der Waals surface area (Å²) in [6, 6.07) is 8.75. The molecule has 0 aliphatic carbocycles. The first-order valence-corrected chi connectivity index (χ1v) is 12.8. The molecule has 1 atom stereocenters. The van der Waals surface area contributed by atoms with Gasteiger partial charge in [0, 0.05) is 23.7 Å². The number of amides is 2. The zero-order valence-electron chi connectivity index (χ0n) is 20.6. The molecule has 0 spiro atoms. The van der Waals surface area contributed by atoms with Crippen LogP contribution in [0.25, 0.3) is 0 Å². The van der Waals surface area contributed by atoms with Crippen molar-refractivity contribution in [1.29, 1.82) is 0 Å². The Morgan fingerprint density at radius 2 is 1.97 bits per heavy atom. The number of carbonyl (C=O) groups is 2. The fourth-order valence-corrected chi connectivity index (χ4v) is 4.54. The van der Waals surface area contributed by atoms with Crippen molar-refractivity contribution in [2.75, 3.05) is 17.7 Å². The van der Waals surface area contributed by atoms with Crippen LogP contribution < -0.4 is 15.4 Å². The quantitative estimate of drug-likeness (QED) is 0.485. The fourth-order valence-electron chi connectivity index (χ4n) is 3.31. The summed E-state index contributed by atoms with van der Waals surface area (Å²) in [5.74, 6) is 1.02. The Kier molecular flexibility index (Phi) is 8.66. The van der Waals surface area contributed by atoms with Gasteiger partial charge < -0.3 is 14.8 Å². The third-order valence-electron chi connectivity index (χ3n) is 5.00. The van der Waals surface area contributed by atoms with Gasteiger partial charge in [0.15, 0.2) is 5.17 Å². The van der Waals surface area contributed by atoms with Crippen LogP contribution in [0.5, 0.6) is 5.75 Å². The van der Waals surface area contributed by atoms with Crippen LogP contribution in [0, 0.1) is 0 Å². The molecule has 0 saturated carbocycles. The number of anilines is 1. The molecule has 10 heteroatoms. The summed E-state index contributed by atoms with van der Waals surface area (Å²) in [7, 11) is 0. The van der Waals surface area contributed by atoms with Crippen LogP contribution in [0.15, 0.2) is 41.5 Å². The van der Waals surface area contributed by atoms with E-state index in [4.69, 9.17) is 26.1 Å². The van der Waals surface area contributed by atoms with Crippen molar-refractivity contribution in [1.82, 2.24) is 10.3 Å². The topological polar surface area (TPSA) is 102 Å². The molecule has 35 heavy (non-hydrogen) atoms. The first-order valence-electron chi connectivity index (χ1n) is 11.4. The lowest BCUT2D eigenvalue weighted by molar-refractivity contribution is 0.0564. The van der Waals surface area contributed by atoms with E-state index in [9.17, 15) is 9.59 Å². The number of rotatable bonds is 6. The highest BCUT2D eigenvalue weighted by atomic mass is 35.5. The van der Waals surface area contributed by atoms with Gasteiger partial charge in [-0.05, 0) is 70.4 Å². The number of carbonyl (C=O) groups excluding carboxylic acids is 2. The Balaban J connectivity index is 1.89. The maximum atomic E-state index is 12.8. The number of hydrogen-bond donors (Lipinski definition) is 2. The van der Waals surface area contributed by atoms with Gasteiger partial charge in [0.25, 0.3) is 5.91 Å². The third kappa shape index (κ3) is 7.86. The summed E-state index contributed by atoms with van der Waals surface area (Å²) in [6.45, 7) is 9.99. The first kappa shape index (κ1) is 26.8. The van der Waals surface area contributed by atoms with Crippen LogP contribution >= 0.6 is 23.4 Å². The van der Waals surface area contributed by atoms with E-state index in [1.165, 1.54) is 18.0 Å². The highest BCUT2D eigenvalue weighted by Crippen LogP contribution is 2.38. The van der Waals surface area contributed by atoms with Crippen LogP contribution in [-0.2, 0) is 10.3 Å². The molecular weight excluding hydrogens is 488 g/mol. The predicted molar refractivity (Wildman–Crippen MR) is 141 cm³/mol. The van der Waals surface area contributed by atoms with Gasteiger partial charge in [-0.3, -0.25) is 15.1 Å². The van der Waals surface area contributed by atoms with Gasteiger partial charge >= 0.3 is 6.09 Å². The van der Waals surface area contributed by atoms with Crippen LogP contribution in [0.4, 0.5) is 10.5 Å². The van der Waals surface area contributed by atoms with E-state index in [0.717, 1.165) is 24.2 Å². The molecule has 1 aromatic carbocycles. The summed E-state index contributed by atoms with van der Waals surface area (Å²) in [5.41, 5.74) is 0.419. The average molecular weight is 519 g/mol. The van der Waals surface area contributed by atoms with Crippen molar-refractivity contribution in [3.05, 3.63) is 52.8 Å². The van der Waals surface area contributed by atoms with Gasteiger partial charge in [-0.1, -0.05) is 30.3 Å². The maximum absolute atomic E-state index is 12.8. The van der Waals surface area contributed by atoms with Crippen molar-refractivity contribution in [3.8, 4) is 5.75 Å². The normalized spacial score (nSPS) is 17.8. The number of aromatic nitrogens is 1. The van der Waals surface area contributed by atoms with Gasteiger partial charge in [-0.15, -0.1) is 0 Å². The molecule has 2 heterocycles. The molecule has 188 valence electrons. The molecule has 0 bridgehead atoms. The van der Waals surface area contributed by atoms with Crippen molar-refractivity contribution in [3.63, 3.8) is 0 Å². The molecule has 1 aliphatic rings. The Morgan fingerprint density at radius 1 is 1.20 bits per heavy atom. The highest BCUT2D eigenvalue weighted by Gasteiger charge is 2.32. The Hall–Kier alpha value is -2.78. The Morgan fingerprint density at radius 3 is 2.63 bits per heavy atom. The second kappa shape index (κ2) is 11.3. The number of hydrogen-bond acceptors (Lipinski definition) is 7. The average Bonchev–Trinajstić information content (AvgIpc) is 2.76. The van der Waals surface area contributed by atoms with E-state index in [1.54, 1.807) is 18.2 Å². The highest BCUT2D eigenvalue weighted by molar-refractivity contribution is 8.13. The lowest BCUT2D eigenvalue weighted by Gasteiger charge is -2.31. The molecule has 2 amide bonds. The summed E-state index contributed by atoms with van der Waals surface area (Å²) >= 11 is 7.35. The number of benzene rings is 1. The molecule has 2 aromatic rings. The number of pyridine rings is 1. The number of nitrogens with one attached hydrogen (secondary N) is 2. The zero-order valence-corrected chi connectivity index (χ0v) is 22.2. The van der Waals surface area contributed by atoms with Gasteiger partial charge in [0.1, 0.15) is 17.0 Å². The molecule has 3 rings (SSSR count). The smallest absolute Gasteiger partial charge is 0.413 e. The number of halogens is 1. The van der Waals surface area contributed by atoms with E-state index < -0.39 is 17.2 Å². The number of nitrogens with zero attached hydrogens (tertiary/aromatic N) is 2. The first-order chi connectivity index (χ1) is 16.5. The largest absolute Gasteiger partial charge is 0.494 e. The molecule has 2 N–H and O–H groups in total. The minimum Gasteiger partial charge on any atom is -0.494 e. The van der Waals surface area contributed by atoms with E-state index >= 15 is 0 Å². The molecule has 1 aliphatic heterocycles. The maximum Gasteiger partial charge on any atom is 0.413 e. The van der Waals surface area contributed by atoms with Crippen LogP contribution in [0.2, 0.25) is 5.02 Å². The summed E-state index contributed by atoms with van der Waals surface area (Å²) < 4.78 is 11.3. The summed E-state index contributed by atoms with van der Waals surface area (Å²) in [6.07, 6.45) is 2.46. The zero-order chi connectivity index (χ0) is 25.6. The predicted octanol–water partition coefficient (Wildman–Crippen LogP) is 6.01. The molecule has 0 saturated heterocycles. The molecule has 0 fully saturated rings. The number of thioether (sulfide) groups is 1. The van der Waals surface area contributed by atoms with Crippen LogP contribution in [0.1, 0.15) is 63.5 Å². The lowest BCUT2D eigenvalue weighted by Crippen LogP contribution is -2.38. The second-order valence-electron chi connectivity index (χ2n) is 9.33. The number of ether oxygens (including phenoxy) is 2. The second-order valence-corrected chi connectivity index (χ2v) is 10.8. The van der Waals surface area contributed by atoms with Gasteiger partial charge in [0.2, 0.25) is 0 Å². The molecular formula is C25H31ClN4O4S. The van der Waals surface area contributed by atoms with Crippen molar-refractivity contribution >= 4 is 46.2 Å². The molecule has 8 nitrogen and oxygen atoms in total. The molecule has 1 aromatic heterocycles. The number of aliphatic imine (C=N–C) groups is 1. The molecule has 1 unspecified atom stereocenters. The van der Waals surface area contributed by atoms with Crippen molar-refractivity contribution in [2.24, 2.45) is 4.99 Å². The minimum absolute atomic E-state index is 0.248. The van der Waals surface area contributed by atoms with Crippen LogP contribution in [0.3, 0.4) is 0 Å². The van der Waals surface area contributed by atoms with Gasteiger partial charge in [-0.2, -0.15) is 0 Å². The fraction of sp³-hybridized carbons (Fsp3) is 0.440.